The number of aromatic hydroxyl groups is 1. The molecule has 0 saturated carbocycles. The van der Waals surface area contributed by atoms with E-state index in [1.165, 1.54) is 0 Å². The predicted molar refractivity (Wildman–Crippen MR) is 74.1 cm³/mol. The predicted octanol–water partition coefficient (Wildman–Crippen LogP) is 2.01. The topological polar surface area (TPSA) is 70.6 Å². The lowest BCUT2D eigenvalue weighted by atomic mass is 10.2. The van der Waals surface area contributed by atoms with Crippen molar-refractivity contribution < 1.29 is 14.6 Å². The third-order valence-electron chi connectivity index (χ3n) is 2.21. The number of ether oxygens (including phenoxy) is 1. The number of amides is 1. The highest BCUT2D eigenvalue weighted by Gasteiger charge is 2.15. The molecule has 0 aromatic heterocycles. The molecule has 0 bridgehead atoms. The van der Waals surface area contributed by atoms with Crippen LogP contribution < -0.4 is 10.6 Å². The van der Waals surface area contributed by atoms with E-state index in [1.54, 1.807) is 18.2 Å². The van der Waals surface area contributed by atoms with E-state index in [2.05, 4.69) is 10.6 Å². The number of rotatable bonds is 5. The molecule has 0 radical (unpaired) electrons. The van der Waals surface area contributed by atoms with Gasteiger partial charge in [0.05, 0.1) is 0 Å². The number of alkyl carbamates (subject to hydrolysis) is 1. The van der Waals surface area contributed by atoms with Crippen molar-refractivity contribution in [1.82, 2.24) is 10.6 Å². The number of phenolic OH excluding ortho intramolecular Hbond substituents is 1. The molecule has 0 unspecified atom stereocenters. The maximum atomic E-state index is 11.3. The van der Waals surface area contributed by atoms with Crippen LogP contribution in [0.5, 0.6) is 5.75 Å². The van der Waals surface area contributed by atoms with Crippen LogP contribution in [0.25, 0.3) is 0 Å². The molecule has 0 fully saturated rings. The largest absolute Gasteiger partial charge is 0.508 e. The van der Waals surface area contributed by atoms with E-state index in [-0.39, 0.29) is 5.75 Å². The van der Waals surface area contributed by atoms with Crippen LogP contribution in [-0.4, -0.2) is 29.9 Å². The van der Waals surface area contributed by atoms with Crippen LogP contribution in [0, 0.1) is 0 Å². The summed E-state index contributed by atoms with van der Waals surface area (Å²) in [6, 6.07) is 7.06. The highest BCUT2D eigenvalue weighted by Crippen LogP contribution is 2.10. The Labute approximate surface area is 114 Å². The molecule has 106 valence electrons. The van der Waals surface area contributed by atoms with Gasteiger partial charge in [-0.15, -0.1) is 0 Å². The molecule has 1 aromatic carbocycles. The molecule has 5 nitrogen and oxygen atoms in total. The highest BCUT2D eigenvalue weighted by atomic mass is 16.6. The zero-order valence-electron chi connectivity index (χ0n) is 11.7. The number of phenols is 1. The molecule has 0 aliphatic carbocycles. The first-order valence-corrected chi connectivity index (χ1v) is 6.32. The Morgan fingerprint density at radius 2 is 2.05 bits per heavy atom. The molecule has 3 N–H and O–H groups in total. The molecule has 1 rings (SSSR count). The Morgan fingerprint density at radius 1 is 1.32 bits per heavy atom. The second-order valence-corrected chi connectivity index (χ2v) is 5.28. The van der Waals surface area contributed by atoms with Crippen LogP contribution in [0.2, 0.25) is 0 Å². The number of nitrogens with one attached hydrogen (secondary N) is 2. The van der Waals surface area contributed by atoms with E-state index in [1.807, 2.05) is 26.8 Å². The Hall–Kier alpha value is -1.75. The van der Waals surface area contributed by atoms with Crippen LogP contribution in [0.3, 0.4) is 0 Å². The van der Waals surface area contributed by atoms with Gasteiger partial charge in [0.25, 0.3) is 0 Å². The molecule has 19 heavy (non-hydrogen) atoms. The summed E-state index contributed by atoms with van der Waals surface area (Å²) in [5.41, 5.74) is 0.524. The third kappa shape index (κ3) is 7.31. The number of benzene rings is 1. The molecular formula is C14H22N2O3. The normalized spacial score (nSPS) is 11.1. The fourth-order valence-electron chi connectivity index (χ4n) is 1.47. The minimum atomic E-state index is -0.473. The first-order valence-electron chi connectivity index (χ1n) is 6.32. The second kappa shape index (κ2) is 6.99. The number of carbonyl (C=O) groups excluding carboxylic acids is 1. The maximum Gasteiger partial charge on any atom is 0.407 e. The first kappa shape index (κ1) is 15.3. The van der Waals surface area contributed by atoms with Crippen LogP contribution in [0.15, 0.2) is 24.3 Å². The van der Waals surface area contributed by atoms with Crippen LogP contribution >= 0.6 is 0 Å². The van der Waals surface area contributed by atoms with E-state index < -0.39 is 11.7 Å². The molecule has 0 saturated heterocycles. The summed E-state index contributed by atoms with van der Waals surface area (Å²) in [4.78, 5) is 11.3. The van der Waals surface area contributed by atoms with Gasteiger partial charge in [-0.3, -0.25) is 0 Å². The maximum absolute atomic E-state index is 11.3. The number of hydrogen-bond acceptors (Lipinski definition) is 4. The van der Waals surface area contributed by atoms with Crippen molar-refractivity contribution in [2.75, 3.05) is 13.1 Å². The average molecular weight is 266 g/mol. The Kier molecular flexibility index (Phi) is 5.63. The van der Waals surface area contributed by atoms with Crippen molar-refractivity contribution >= 4 is 6.09 Å². The minimum absolute atomic E-state index is 0.256. The van der Waals surface area contributed by atoms with Crippen molar-refractivity contribution in [3.05, 3.63) is 29.8 Å². The summed E-state index contributed by atoms with van der Waals surface area (Å²) in [7, 11) is 0. The summed E-state index contributed by atoms with van der Waals surface area (Å²) < 4.78 is 5.11. The molecule has 0 spiro atoms. The van der Waals surface area contributed by atoms with Gasteiger partial charge in [0.2, 0.25) is 0 Å². The van der Waals surface area contributed by atoms with E-state index in [0.29, 0.717) is 19.6 Å². The van der Waals surface area contributed by atoms with Crippen molar-refractivity contribution in [3.63, 3.8) is 0 Å². The van der Waals surface area contributed by atoms with Gasteiger partial charge < -0.3 is 20.5 Å². The lowest BCUT2D eigenvalue weighted by Crippen LogP contribution is -2.36. The second-order valence-electron chi connectivity index (χ2n) is 5.28. The smallest absolute Gasteiger partial charge is 0.407 e. The lowest BCUT2D eigenvalue weighted by Gasteiger charge is -2.19. The summed E-state index contributed by atoms with van der Waals surface area (Å²) in [6.45, 7) is 7.25. The van der Waals surface area contributed by atoms with E-state index >= 15 is 0 Å². The Bertz CT molecular complexity index is 413. The van der Waals surface area contributed by atoms with E-state index in [0.717, 1.165) is 5.56 Å². The zero-order chi connectivity index (χ0) is 14.3. The summed E-state index contributed by atoms with van der Waals surface area (Å²) in [5, 5.41) is 15.1. The monoisotopic (exact) mass is 266 g/mol. The van der Waals surface area contributed by atoms with Gasteiger partial charge in [-0.1, -0.05) is 12.1 Å². The van der Waals surface area contributed by atoms with Gasteiger partial charge in [0.1, 0.15) is 11.4 Å². The van der Waals surface area contributed by atoms with Crippen LogP contribution in [0.1, 0.15) is 26.3 Å². The molecule has 5 heteroatoms. The molecular weight excluding hydrogens is 244 g/mol. The average Bonchev–Trinajstić information content (AvgIpc) is 2.26. The fraction of sp³-hybridized carbons (Fsp3) is 0.500. The minimum Gasteiger partial charge on any atom is -0.508 e. The van der Waals surface area contributed by atoms with Crippen molar-refractivity contribution in [2.24, 2.45) is 0 Å². The van der Waals surface area contributed by atoms with Gasteiger partial charge in [0.15, 0.2) is 0 Å². The first-order chi connectivity index (χ1) is 8.87. The Morgan fingerprint density at radius 3 is 2.68 bits per heavy atom. The third-order valence-corrected chi connectivity index (χ3v) is 2.21. The highest BCUT2D eigenvalue weighted by molar-refractivity contribution is 5.67. The zero-order valence-corrected chi connectivity index (χ0v) is 11.7. The summed E-state index contributed by atoms with van der Waals surface area (Å²) in [6.07, 6.45) is -0.411. The molecule has 0 aliphatic rings. The molecule has 0 aliphatic heterocycles. The summed E-state index contributed by atoms with van der Waals surface area (Å²) >= 11 is 0. The van der Waals surface area contributed by atoms with Crippen molar-refractivity contribution in [3.8, 4) is 5.75 Å². The van der Waals surface area contributed by atoms with Crippen molar-refractivity contribution in [1.29, 1.82) is 0 Å². The van der Waals surface area contributed by atoms with Gasteiger partial charge in [-0.2, -0.15) is 0 Å². The number of carbonyl (C=O) groups is 1. The molecule has 0 heterocycles. The quantitative estimate of drug-likeness (QED) is 0.713. The fourth-order valence-corrected chi connectivity index (χ4v) is 1.47. The van der Waals surface area contributed by atoms with Crippen molar-refractivity contribution in [2.45, 2.75) is 32.9 Å². The van der Waals surface area contributed by atoms with Crippen LogP contribution in [0.4, 0.5) is 4.79 Å². The van der Waals surface area contributed by atoms with E-state index in [4.69, 9.17) is 4.74 Å². The van der Waals surface area contributed by atoms with E-state index in [9.17, 15) is 9.90 Å². The SMILES string of the molecule is CC(C)(C)OC(=O)NCCNCc1cccc(O)c1. The molecule has 1 aromatic rings. The van der Waals surface area contributed by atoms with Gasteiger partial charge in [-0.05, 0) is 38.5 Å². The standard InChI is InChI=1S/C14H22N2O3/c1-14(2,3)19-13(18)16-8-7-15-10-11-5-4-6-12(17)9-11/h4-6,9,15,17H,7-8,10H2,1-3H3,(H,16,18). The van der Waals surface area contributed by atoms with Gasteiger partial charge in [-0.25, -0.2) is 4.79 Å². The molecule has 0 atom stereocenters. The van der Waals surface area contributed by atoms with Crippen LogP contribution in [-0.2, 0) is 11.3 Å². The van der Waals surface area contributed by atoms with Gasteiger partial charge in [0, 0.05) is 19.6 Å². The Balaban J connectivity index is 2.13. The lowest BCUT2D eigenvalue weighted by molar-refractivity contribution is 0.0528. The van der Waals surface area contributed by atoms with Gasteiger partial charge >= 0.3 is 6.09 Å². The molecule has 1 amide bonds. The number of hydrogen-bond donors (Lipinski definition) is 3. The summed E-state index contributed by atoms with van der Waals surface area (Å²) in [5.74, 6) is 0.256.